The second-order valence-electron chi connectivity index (χ2n) is 7.68. The molecule has 0 spiro atoms. The average Bonchev–Trinajstić information content (AvgIpc) is 2.77. The molecule has 1 amide bonds. The summed E-state index contributed by atoms with van der Waals surface area (Å²) in [6.45, 7) is 0.195. The molecule has 2 aromatic carbocycles. The molecule has 1 unspecified atom stereocenters. The number of carbonyl (C=O) groups excluding carboxylic acids is 1. The third kappa shape index (κ3) is 6.04. The van der Waals surface area contributed by atoms with Gasteiger partial charge >= 0.3 is 0 Å². The molecule has 30 heavy (non-hydrogen) atoms. The molecule has 0 aliphatic heterocycles. The van der Waals surface area contributed by atoms with Crippen LogP contribution in [0.5, 0.6) is 0 Å². The number of aliphatic hydroxyl groups is 1. The number of benzene rings is 2. The van der Waals surface area contributed by atoms with Gasteiger partial charge in [-0.2, -0.15) is 0 Å². The van der Waals surface area contributed by atoms with Crippen molar-refractivity contribution in [3.8, 4) is 0 Å². The van der Waals surface area contributed by atoms with Gasteiger partial charge in [0.25, 0.3) is 0 Å². The SMILES string of the molecule is O=C(NC(CO)c1ccccc1)C1CCC(CNS(=O)(=O)c2ccc(Cl)cc2)CC1. The minimum atomic E-state index is -3.57. The van der Waals surface area contributed by atoms with Crippen LogP contribution in [0.15, 0.2) is 59.5 Å². The lowest BCUT2D eigenvalue weighted by Gasteiger charge is -2.29. The first kappa shape index (κ1) is 22.7. The summed E-state index contributed by atoms with van der Waals surface area (Å²) in [6.07, 6.45) is 2.95. The number of hydrogen-bond donors (Lipinski definition) is 3. The van der Waals surface area contributed by atoms with Crippen molar-refractivity contribution < 1.29 is 18.3 Å². The fourth-order valence-electron chi connectivity index (χ4n) is 3.76. The van der Waals surface area contributed by atoms with Crippen molar-refractivity contribution in [2.24, 2.45) is 11.8 Å². The second kappa shape index (κ2) is 10.4. The fourth-order valence-corrected chi connectivity index (χ4v) is 5.00. The maximum atomic E-state index is 12.6. The Balaban J connectivity index is 1.47. The first-order chi connectivity index (χ1) is 14.4. The summed E-state index contributed by atoms with van der Waals surface area (Å²) < 4.78 is 27.5. The van der Waals surface area contributed by atoms with Gasteiger partial charge in [0.1, 0.15) is 0 Å². The number of hydrogen-bond acceptors (Lipinski definition) is 4. The molecule has 0 radical (unpaired) electrons. The molecule has 3 rings (SSSR count). The number of amides is 1. The van der Waals surface area contributed by atoms with E-state index < -0.39 is 16.1 Å². The van der Waals surface area contributed by atoms with Crippen LogP contribution < -0.4 is 10.0 Å². The topological polar surface area (TPSA) is 95.5 Å². The zero-order valence-electron chi connectivity index (χ0n) is 16.6. The predicted octanol–water partition coefficient (Wildman–Crippen LogP) is 3.27. The van der Waals surface area contributed by atoms with Crippen molar-refractivity contribution in [2.45, 2.75) is 36.6 Å². The van der Waals surface area contributed by atoms with E-state index in [0.717, 1.165) is 18.4 Å². The number of aliphatic hydroxyl groups excluding tert-OH is 1. The van der Waals surface area contributed by atoms with E-state index in [0.29, 0.717) is 24.4 Å². The first-order valence-electron chi connectivity index (χ1n) is 10.1. The maximum absolute atomic E-state index is 12.6. The van der Waals surface area contributed by atoms with Crippen LogP contribution in [0.4, 0.5) is 0 Å². The summed E-state index contributed by atoms with van der Waals surface area (Å²) in [5.41, 5.74) is 0.874. The summed E-state index contributed by atoms with van der Waals surface area (Å²) in [5.74, 6) is 0.0175. The number of nitrogens with one attached hydrogen (secondary N) is 2. The van der Waals surface area contributed by atoms with Gasteiger partial charge in [-0.1, -0.05) is 41.9 Å². The van der Waals surface area contributed by atoms with E-state index in [1.54, 1.807) is 12.1 Å². The van der Waals surface area contributed by atoms with Crippen LogP contribution >= 0.6 is 11.6 Å². The van der Waals surface area contributed by atoms with Gasteiger partial charge in [0.15, 0.2) is 0 Å². The van der Waals surface area contributed by atoms with Gasteiger partial charge < -0.3 is 10.4 Å². The van der Waals surface area contributed by atoms with Gasteiger partial charge in [-0.05, 0) is 61.4 Å². The molecule has 1 atom stereocenters. The normalized spacial score (nSPS) is 20.5. The van der Waals surface area contributed by atoms with Gasteiger partial charge in [0.2, 0.25) is 15.9 Å². The van der Waals surface area contributed by atoms with Crippen molar-refractivity contribution in [3.05, 3.63) is 65.2 Å². The summed E-state index contributed by atoms with van der Waals surface area (Å²) in [6, 6.07) is 15.1. The lowest BCUT2D eigenvalue weighted by atomic mass is 9.81. The van der Waals surface area contributed by atoms with Gasteiger partial charge in [-0.15, -0.1) is 0 Å². The van der Waals surface area contributed by atoms with Crippen LogP contribution in [0.25, 0.3) is 0 Å². The molecule has 0 aromatic heterocycles. The number of halogens is 1. The summed E-state index contributed by atoms with van der Waals surface area (Å²) in [4.78, 5) is 12.8. The van der Waals surface area contributed by atoms with Gasteiger partial charge in [-0.25, -0.2) is 13.1 Å². The second-order valence-corrected chi connectivity index (χ2v) is 9.88. The summed E-state index contributed by atoms with van der Waals surface area (Å²) >= 11 is 5.81. The molecule has 162 valence electrons. The molecule has 2 aromatic rings. The molecule has 6 nitrogen and oxygen atoms in total. The molecule has 1 aliphatic carbocycles. The summed E-state index contributed by atoms with van der Waals surface area (Å²) in [5, 5.41) is 13.1. The highest BCUT2D eigenvalue weighted by atomic mass is 35.5. The minimum Gasteiger partial charge on any atom is -0.394 e. The Bertz CT molecular complexity index is 927. The van der Waals surface area contributed by atoms with E-state index in [9.17, 15) is 18.3 Å². The smallest absolute Gasteiger partial charge is 0.240 e. The van der Waals surface area contributed by atoms with E-state index in [1.807, 2.05) is 30.3 Å². The standard InChI is InChI=1S/C22H27ClN2O4S/c23-19-10-12-20(13-11-19)30(28,29)24-14-16-6-8-18(9-7-16)22(27)25-21(15-26)17-4-2-1-3-5-17/h1-5,10-13,16,18,21,24,26H,6-9,14-15H2,(H,25,27). The molecule has 8 heteroatoms. The lowest BCUT2D eigenvalue weighted by Crippen LogP contribution is -2.38. The Morgan fingerprint density at radius 1 is 1.03 bits per heavy atom. The van der Waals surface area contributed by atoms with Crippen LogP contribution in [0.1, 0.15) is 37.3 Å². The Labute approximate surface area is 182 Å². The van der Waals surface area contributed by atoms with E-state index in [1.165, 1.54) is 12.1 Å². The predicted molar refractivity (Wildman–Crippen MR) is 117 cm³/mol. The number of sulfonamides is 1. The molecule has 0 saturated heterocycles. The van der Waals surface area contributed by atoms with Crippen molar-refractivity contribution in [3.63, 3.8) is 0 Å². The lowest BCUT2D eigenvalue weighted by molar-refractivity contribution is -0.127. The largest absolute Gasteiger partial charge is 0.394 e. The molecule has 3 N–H and O–H groups in total. The molecular weight excluding hydrogens is 424 g/mol. The van der Waals surface area contributed by atoms with Crippen LogP contribution in [-0.2, 0) is 14.8 Å². The van der Waals surface area contributed by atoms with Gasteiger partial charge in [-0.3, -0.25) is 4.79 Å². The van der Waals surface area contributed by atoms with E-state index in [2.05, 4.69) is 10.0 Å². The van der Waals surface area contributed by atoms with E-state index in [-0.39, 0.29) is 29.2 Å². The Hall–Kier alpha value is -1.93. The molecule has 1 fully saturated rings. The highest BCUT2D eigenvalue weighted by Crippen LogP contribution is 2.29. The Kier molecular flexibility index (Phi) is 7.88. The molecular formula is C22H27ClN2O4S. The Morgan fingerprint density at radius 2 is 1.67 bits per heavy atom. The van der Waals surface area contributed by atoms with Crippen LogP contribution in [-0.4, -0.2) is 32.6 Å². The van der Waals surface area contributed by atoms with Gasteiger partial charge in [0.05, 0.1) is 17.5 Å². The summed E-state index contributed by atoms with van der Waals surface area (Å²) in [7, 11) is -3.57. The molecule has 0 heterocycles. The number of carbonyl (C=O) groups is 1. The highest BCUT2D eigenvalue weighted by Gasteiger charge is 2.28. The number of rotatable bonds is 8. The maximum Gasteiger partial charge on any atom is 0.240 e. The fraction of sp³-hybridized carbons (Fsp3) is 0.409. The first-order valence-corrected chi connectivity index (χ1v) is 12.0. The quantitative estimate of drug-likeness (QED) is 0.575. The minimum absolute atomic E-state index is 0.0573. The van der Waals surface area contributed by atoms with Crippen LogP contribution in [0.2, 0.25) is 5.02 Å². The van der Waals surface area contributed by atoms with Crippen molar-refractivity contribution in [2.75, 3.05) is 13.2 Å². The zero-order chi connectivity index (χ0) is 21.6. The van der Waals surface area contributed by atoms with Crippen molar-refractivity contribution >= 4 is 27.5 Å². The average molecular weight is 451 g/mol. The monoisotopic (exact) mass is 450 g/mol. The van der Waals surface area contributed by atoms with Crippen molar-refractivity contribution in [1.82, 2.24) is 10.0 Å². The molecule has 0 bridgehead atoms. The molecule has 1 saturated carbocycles. The Morgan fingerprint density at radius 3 is 2.27 bits per heavy atom. The highest BCUT2D eigenvalue weighted by molar-refractivity contribution is 7.89. The van der Waals surface area contributed by atoms with Crippen LogP contribution in [0, 0.1) is 11.8 Å². The van der Waals surface area contributed by atoms with Crippen LogP contribution in [0.3, 0.4) is 0 Å². The molecule has 1 aliphatic rings. The zero-order valence-corrected chi connectivity index (χ0v) is 18.2. The van der Waals surface area contributed by atoms with Crippen molar-refractivity contribution in [1.29, 1.82) is 0 Å². The van der Waals surface area contributed by atoms with Gasteiger partial charge in [0, 0.05) is 17.5 Å². The van der Waals surface area contributed by atoms with E-state index >= 15 is 0 Å². The third-order valence-electron chi connectivity index (χ3n) is 5.60. The third-order valence-corrected chi connectivity index (χ3v) is 7.30. The van der Waals surface area contributed by atoms with E-state index in [4.69, 9.17) is 11.6 Å².